The van der Waals surface area contributed by atoms with E-state index in [0.29, 0.717) is 10.8 Å². The molecule has 0 saturated heterocycles. The Labute approximate surface area is 163 Å². The smallest absolute Gasteiger partial charge is 0.335 e. The first-order valence-corrected chi connectivity index (χ1v) is 9.15. The van der Waals surface area contributed by atoms with Gasteiger partial charge in [-0.15, -0.1) is 0 Å². The van der Waals surface area contributed by atoms with Gasteiger partial charge in [0.05, 0.1) is 10.5 Å². The number of nitrogens with one attached hydrogen (secondary N) is 1. The highest BCUT2D eigenvalue weighted by atomic mass is 35.5. The van der Waals surface area contributed by atoms with Gasteiger partial charge in [0.2, 0.25) is 0 Å². The van der Waals surface area contributed by atoms with E-state index < -0.39 is 28.6 Å². The van der Waals surface area contributed by atoms with E-state index >= 15 is 0 Å². The van der Waals surface area contributed by atoms with Crippen LogP contribution in [0.15, 0.2) is 42.5 Å². The molecule has 0 fully saturated rings. The molecular formula is C17H15ClN2O6S. The lowest BCUT2D eigenvalue weighted by molar-refractivity contribution is -0.384. The Kier molecular flexibility index (Phi) is 7.03. The van der Waals surface area contributed by atoms with Crippen LogP contribution < -0.4 is 5.32 Å². The van der Waals surface area contributed by atoms with Gasteiger partial charge in [0.1, 0.15) is 11.7 Å². The number of carboxylic acid groups (broad SMARTS) is 2. The maximum atomic E-state index is 11.5. The number of nitro benzene ring substituents is 1. The lowest BCUT2D eigenvalue weighted by Crippen LogP contribution is -2.32. The van der Waals surface area contributed by atoms with Gasteiger partial charge in [0, 0.05) is 22.6 Å². The van der Waals surface area contributed by atoms with E-state index in [9.17, 15) is 24.8 Å². The molecule has 0 saturated carbocycles. The molecule has 0 aliphatic heterocycles. The summed E-state index contributed by atoms with van der Waals surface area (Å²) in [6.07, 6.45) is 0. The van der Waals surface area contributed by atoms with Crippen LogP contribution in [-0.4, -0.2) is 38.9 Å². The normalized spacial score (nSPS) is 11.6. The maximum absolute atomic E-state index is 11.5. The minimum absolute atomic E-state index is 0.0595. The summed E-state index contributed by atoms with van der Waals surface area (Å²) >= 11 is 7.37. The Morgan fingerprint density at radius 3 is 2.52 bits per heavy atom. The molecule has 0 unspecified atom stereocenters. The van der Waals surface area contributed by atoms with Gasteiger partial charge in [-0.25, -0.2) is 9.59 Å². The summed E-state index contributed by atoms with van der Waals surface area (Å²) in [7, 11) is 0. The number of anilines is 1. The van der Waals surface area contributed by atoms with Gasteiger partial charge in [0.15, 0.2) is 0 Å². The molecule has 10 heteroatoms. The number of benzene rings is 2. The van der Waals surface area contributed by atoms with Crippen molar-refractivity contribution in [3.8, 4) is 0 Å². The molecule has 0 amide bonds. The fourth-order valence-corrected chi connectivity index (χ4v) is 3.54. The zero-order chi connectivity index (χ0) is 20.0. The number of nitrogens with zero attached hydrogens (tertiary/aromatic N) is 1. The Morgan fingerprint density at radius 2 is 1.93 bits per heavy atom. The molecule has 0 aliphatic rings. The quantitative estimate of drug-likeness (QED) is 0.421. The highest BCUT2D eigenvalue weighted by Gasteiger charge is 2.23. The fraction of sp³-hybridized carbons (Fsp3) is 0.176. The molecule has 27 heavy (non-hydrogen) atoms. The third kappa shape index (κ3) is 5.60. The second-order valence-corrected chi connectivity index (χ2v) is 6.87. The number of aliphatic carboxylic acids is 1. The second kappa shape index (κ2) is 9.24. The van der Waals surface area contributed by atoms with E-state index in [1.165, 1.54) is 23.9 Å². The highest BCUT2D eigenvalue weighted by Crippen LogP contribution is 2.27. The molecule has 0 aliphatic carbocycles. The summed E-state index contributed by atoms with van der Waals surface area (Å²) < 4.78 is 0. The van der Waals surface area contributed by atoms with Crippen molar-refractivity contribution in [1.82, 2.24) is 0 Å². The molecule has 2 aromatic carbocycles. The maximum Gasteiger partial charge on any atom is 0.335 e. The predicted molar refractivity (Wildman–Crippen MR) is 103 cm³/mol. The summed E-state index contributed by atoms with van der Waals surface area (Å²) in [4.78, 5) is 32.9. The Morgan fingerprint density at radius 1 is 1.22 bits per heavy atom. The summed E-state index contributed by atoms with van der Waals surface area (Å²) in [6.45, 7) is 0. The monoisotopic (exact) mass is 410 g/mol. The first kappa shape index (κ1) is 20.5. The molecule has 8 nitrogen and oxygen atoms in total. The van der Waals surface area contributed by atoms with E-state index in [0.717, 1.165) is 11.6 Å². The minimum Gasteiger partial charge on any atom is -0.480 e. The number of hydrogen-bond donors (Lipinski definition) is 3. The Bertz CT molecular complexity index is 876. The first-order valence-electron chi connectivity index (χ1n) is 7.62. The van der Waals surface area contributed by atoms with Gasteiger partial charge in [-0.2, -0.15) is 11.8 Å². The van der Waals surface area contributed by atoms with Gasteiger partial charge in [0.25, 0.3) is 5.69 Å². The number of thioether (sulfide) groups is 1. The number of nitro groups is 1. The summed E-state index contributed by atoms with van der Waals surface area (Å²) in [6, 6.07) is 9.32. The van der Waals surface area contributed by atoms with Crippen molar-refractivity contribution in [2.45, 2.75) is 11.8 Å². The van der Waals surface area contributed by atoms with Crippen molar-refractivity contribution in [3.05, 3.63) is 68.7 Å². The molecule has 142 valence electrons. The van der Waals surface area contributed by atoms with Crippen LogP contribution in [0.5, 0.6) is 0 Å². The van der Waals surface area contributed by atoms with E-state index in [1.54, 1.807) is 12.1 Å². The van der Waals surface area contributed by atoms with Crippen LogP contribution in [0.3, 0.4) is 0 Å². The fourth-order valence-electron chi connectivity index (χ4n) is 2.20. The van der Waals surface area contributed by atoms with Crippen LogP contribution in [0.1, 0.15) is 15.9 Å². The van der Waals surface area contributed by atoms with Gasteiger partial charge in [-0.1, -0.05) is 29.8 Å². The van der Waals surface area contributed by atoms with Crippen molar-refractivity contribution >= 4 is 46.7 Å². The van der Waals surface area contributed by atoms with Crippen molar-refractivity contribution in [1.29, 1.82) is 0 Å². The second-order valence-electron chi connectivity index (χ2n) is 5.44. The van der Waals surface area contributed by atoms with Crippen molar-refractivity contribution < 1.29 is 24.7 Å². The summed E-state index contributed by atoms with van der Waals surface area (Å²) in [5.41, 5.74) is 0.0327. The third-order valence-electron chi connectivity index (χ3n) is 3.57. The molecule has 3 N–H and O–H groups in total. The third-order valence-corrected chi connectivity index (χ3v) is 5.02. The first-order chi connectivity index (χ1) is 12.8. The molecule has 2 aromatic rings. The largest absolute Gasteiger partial charge is 0.480 e. The molecule has 0 radical (unpaired) electrons. The van der Waals surface area contributed by atoms with Gasteiger partial charge < -0.3 is 15.5 Å². The highest BCUT2D eigenvalue weighted by molar-refractivity contribution is 7.98. The topological polar surface area (TPSA) is 130 Å². The average Bonchev–Trinajstić information content (AvgIpc) is 2.62. The predicted octanol–water partition coefficient (Wildman–Crippen LogP) is 3.74. The number of carbonyl (C=O) groups is 2. The molecule has 2 rings (SSSR count). The zero-order valence-corrected chi connectivity index (χ0v) is 15.4. The van der Waals surface area contributed by atoms with Gasteiger partial charge in [-0.3, -0.25) is 10.1 Å². The van der Waals surface area contributed by atoms with E-state index in [-0.39, 0.29) is 17.0 Å². The number of hydrogen-bond acceptors (Lipinski definition) is 6. The molecule has 0 spiro atoms. The Balaban J connectivity index is 2.11. The minimum atomic E-state index is -1.31. The number of aromatic carboxylic acids is 1. The SMILES string of the molecule is O=C(O)c1ccc(N[C@@H](CSCc2ccccc2Cl)C(=O)O)c([N+](=O)[O-])c1. The number of halogens is 1. The molecule has 1 atom stereocenters. The molecule has 0 heterocycles. The van der Waals surface area contributed by atoms with Crippen LogP contribution in [0, 0.1) is 10.1 Å². The lowest BCUT2D eigenvalue weighted by atomic mass is 10.1. The molecule has 0 bridgehead atoms. The lowest BCUT2D eigenvalue weighted by Gasteiger charge is -2.16. The molecular weight excluding hydrogens is 396 g/mol. The van der Waals surface area contributed by atoms with Crippen LogP contribution in [0.2, 0.25) is 5.02 Å². The summed E-state index contributed by atoms with van der Waals surface area (Å²) in [5.74, 6) is -1.89. The van der Waals surface area contributed by atoms with Gasteiger partial charge >= 0.3 is 11.9 Å². The van der Waals surface area contributed by atoms with Crippen LogP contribution in [-0.2, 0) is 10.5 Å². The molecule has 0 aromatic heterocycles. The van der Waals surface area contributed by atoms with Crippen LogP contribution in [0.25, 0.3) is 0 Å². The number of rotatable bonds is 9. The number of carboxylic acids is 2. The average molecular weight is 411 g/mol. The van der Waals surface area contributed by atoms with Crippen molar-refractivity contribution in [2.75, 3.05) is 11.1 Å². The van der Waals surface area contributed by atoms with Gasteiger partial charge in [-0.05, 0) is 23.8 Å². The zero-order valence-electron chi connectivity index (χ0n) is 13.8. The van der Waals surface area contributed by atoms with E-state index in [4.69, 9.17) is 16.7 Å². The van der Waals surface area contributed by atoms with Crippen LogP contribution in [0.4, 0.5) is 11.4 Å². The van der Waals surface area contributed by atoms with Crippen LogP contribution >= 0.6 is 23.4 Å². The van der Waals surface area contributed by atoms with E-state index in [2.05, 4.69) is 5.32 Å². The van der Waals surface area contributed by atoms with Crippen molar-refractivity contribution in [3.63, 3.8) is 0 Å². The summed E-state index contributed by atoms with van der Waals surface area (Å²) in [5, 5.41) is 32.7. The van der Waals surface area contributed by atoms with Crippen molar-refractivity contribution in [2.24, 2.45) is 0 Å². The standard InChI is InChI=1S/C17H15ClN2O6S/c18-12-4-2-1-3-11(12)8-27-9-14(17(23)24)19-13-6-5-10(16(21)22)7-15(13)20(25)26/h1-7,14,19H,8-9H2,(H,21,22)(H,23,24)/t14-/m0/s1. The Hall–Kier alpha value is -2.78. The van der Waals surface area contributed by atoms with E-state index in [1.807, 2.05) is 12.1 Å².